The van der Waals surface area contributed by atoms with Gasteiger partial charge < -0.3 is 5.32 Å². The van der Waals surface area contributed by atoms with Gasteiger partial charge in [-0.25, -0.2) is 4.39 Å². The van der Waals surface area contributed by atoms with Crippen LogP contribution in [0, 0.1) is 5.82 Å². The molecule has 0 aromatic heterocycles. The lowest BCUT2D eigenvalue weighted by molar-refractivity contribution is 0.628. The molecule has 1 rings (SSSR count). The van der Waals surface area contributed by atoms with Crippen molar-refractivity contribution >= 4 is 17.7 Å². The van der Waals surface area contributed by atoms with Crippen LogP contribution in [-0.4, -0.2) is 13.6 Å². The molecule has 0 amide bonds. The lowest BCUT2D eigenvalue weighted by Crippen LogP contribution is -2.09. The standard InChI is InChI=1S/C12H15ClFN/c1-3-9(8-15-2)6-10-4-5-11(14)7-12(10)13/h4-7,15H,3,8H2,1-2H3/b9-6-. The first-order valence-corrected chi connectivity index (χ1v) is 5.34. The first kappa shape index (κ1) is 12.2. The zero-order chi connectivity index (χ0) is 11.3. The highest BCUT2D eigenvalue weighted by Crippen LogP contribution is 2.20. The van der Waals surface area contributed by atoms with Crippen LogP contribution < -0.4 is 5.32 Å². The summed E-state index contributed by atoms with van der Waals surface area (Å²) in [6.45, 7) is 2.91. The SMILES string of the molecule is CC/C(=C/c1ccc(F)cc1Cl)CNC. The average Bonchev–Trinajstić information content (AvgIpc) is 2.21. The van der Waals surface area contributed by atoms with E-state index in [4.69, 9.17) is 11.6 Å². The lowest BCUT2D eigenvalue weighted by Gasteiger charge is -2.05. The van der Waals surface area contributed by atoms with Gasteiger partial charge in [-0.15, -0.1) is 0 Å². The zero-order valence-electron chi connectivity index (χ0n) is 8.98. The minimum Gasteiger partial charge on any atom is -0.316 e. The van der Waals surface area contributed by atoms with E-state index in [-0.39, 0.29) is 5.82 Å². The molecule has 1 nitrogen and oxygen atoms in total. The molecule has 0 aliphatic carbocycles. The minimum absolute atomic E-state index is 0.302. The van der Waals surface area contributed by atoms with Crippen LogP contribution in [0.5, 0.6) is 0 Å². The summed E-state index contributed by atoms with van der Waals surface area (Å²) in [5.41, 5.74) is 2.11. The summed E-state index contributed by atoms with van der Waals surface area (Å²) in [6.07, 6.45) is 2.95. The third-order valence-electron chi connectivity index (χ3n) is 2.18. The molecule has 0 atom stereocenters. The molecule has 1 aromatic rings. The third kappa shape index (κ3) is 3.65. The summed E-state index contributed by atoms with van der Waals surface area (Å²) in [4.78, 5) is 0. The maximum atomic E-state index is 12.8. The summed E-state index contributed by atoms with van der Waals surface area (Å²) in [7, 11) is 1.90. The summed E-state index contributed by atoms with van der Waals surface area (Å²) in [5, 5.41) is 3.54. The molecule has 0 radical (unpaired) electrons. The Bertz CT molecular complexity index is 361. The summed E-state index contributed by atoms with van der Waals surface area (Å²) < 4.78 is 12.8. The fourth-order valence-electron chi connectivity index (χ4n) is 1.34. The van der Waals surface area contributed by atoms with Gasteiger partial charge in [0.05, 0.1) is 5.02 Å². The largest absolute Gasteiger partial charge is 0.316 e. The van der Waals surface area contributed by atoms with Crippen LogP contribution in [0.4, 0.5) is 4.39 Å². The molecule has 1 N–H and O–H groups in total. The Balaban J connectivity index is 2.95. The van der Waals surface area contributed by atoms with E-state index < -0.39 is 0 Å². The highest BCUT2D eigenvalue weighted by atomic mass is 35.5. The van der Waals surface area contributed by atoms with Crippen molar-refractivity contribution in [1.82, 2.24) is 5.32 Å². The van der Waals surface area contributed by atoms with Crippen molar-refractivity contribution in [3.8, 4) is 0 Å². The van der Waals surface area contributed by atoms with Gasteiger partial charge in [0.2, 0.25) is 0 Å². The Morgan fingerprint density at radius 1 is 1.53 bits per heavy atom. The molecule has 3 heteroatoms. The normalized spacial score (nSPS) is 11.9. The van der Waals surface area contributed by atoms with Crippen molar-refractivity contribution < 1.29 is 4.39 Å². The van der Waals surface area contributed by atoms with Gasteiger partial charge in [0.1, 0.15) is 5.82 Å². The van der Waals surface area contributed by atoms with Gasteiger partial charge in [-0.1, -0.05) is 36.2 Å². The number of benzene rings is 1. The molecule has 82 valence electrons. The molecule has 0 spiro atoms. The third-order valence-corrected chi connectivity index (χ3v) is 2.51. The smallest absolute Gasteiger partial charge is 0.124 e. The topological polar surface area (TPSA) is 12.0 Å². The molecule has 0 saturated heterocycles. The van der Waals surface area contributed by atoms with Gasteiger partial charge in [0.25, 0.3) is 0 Å². The number of hydrogen-bond donors (Lipinski definition) is 1. The quantitative estimate of drug-likeness (QED) is 0.830. The fourth-order valence-corrected chi connectivity index (χ4v) is 1.57. The highest BCUT2D eigenvalue weighted by Gasteiger charge is 2.00. The molecule has 0 bridgehead atoms. The van der Waals surface area contributed by atoms with Crippen molar-refractivity contribution in [2.45, 2.75) is 13.3 Å². The molecular formula is C12H15ClFN. The number of hydrogen-bond acceptors (Lipinski definition) is 1. The van der Waals surface area contributed by atoms with Crippen molar-refractivity contribution in [2.24, 2.45) is 0 Å². The first-order valence-electron chi connectivity index (χ1n) is 4.96. The van der Waals surface area contributed by atoms with E-state index in [1.807, 2.05) is 13.1 Å². The average molecular weight is 228 g/mol. The minimum atomic E-state index is -0.302. The van der Waals surface area contributed by atoms with Gasteiger partial charge in [-0.05, 0) is 31.2 Å². The van der Waals surface area contributed by atoms with E-state index in [0.717, 1.165) is 18.5 Å². The van der Waals surface area contributed by atoms with Crippen LogP contribution in [0.25, 0.3) is 6.08 Å². The predicted octanol–water partition coefficient (Wildman–Crippen LogP) is 3.49. The van der Waals surface area contributed by atoms with E-state index >= 15 is 0 Å². The van der Waals surface area contributed by atoms with Crippen LogP contribution in [0.15, 0.2) is 23.8 Å². The van der Waals surface area contributed by atoms with Crippen molar-refractivity contribution in [3.63, 3.8) is 0 Å². The van der Waals surface area contributed by atoms with Crippen LogP contribution in [0.2, 0.25) is 5.02 Å². The Kier molecular flexibility index (Phi) is 4.79. The lowest BCUT2D eigenvalue weighted by atomic mass is 10.1. The van der Waals surface area contributed by atoms with Crippen LogP contribution >= 0.6 is 11.6 Å². The van der Waals surface area contributed by atoms with Crippen LogP contribution in [0.1, 0.15) is 18.9 Å². The van der Waals surface area contributed by atoms with Crippen molar-refractivity contribution in [3.05, 3.63) is 40.2 Å². The van der Waals surface area contributed by atoms with Crippen molar-refractivity contribution in [1.29, 1.82) is 0 Å². The van der Waals surface area contributed by atoms with Crippen molar-refractivity contribution in [2.75, 3.05) is 13.6 Å². The highest BCUT2D eigenvalue weighted by molar-refractivity contribution is 6.32. The maximum Gasteiger partial charge on any atom is 0.124 e. The molecular weight excluding hydrogens is 213 g/mol. The Morgan fingerprint density at radius 3 is 2.80 bits per heavy atom. The molecule has 0 aliphatic rings. The Hall–Kier alpha value is -0.860. The fraction of sp³-hybridized carbons (Fsp3) is 0.333. The number of rotatable bonds is 4. The number of likely N-dealkylation sites (N-methyl/N-ethyl adjacent to an activating group) is 1. The maximum absolute atomic E-state index is 12.8. The summed E-state index contributed by atoms with van der Waals surface area (Å²) in [6, 6.07) is 4.45. The van der Waals surface area contributed by atoms with E-state index in [2.05, 4.69) is 12.2 Å². The Labute approximate surface area is 95.0 Å². The second kappa shape index (κ2) is 5.89. The first-order chi connectivity index (χ1) is 7.17. The predicted molar refractivity (Wildman–Crippen MR) is 63.6 cm³/mol. The molecule has 0 heterocycles. The molecule has 0 unspecified atom stereocenters. The van der Waals surface area contributed by atoms with E-state index in [1.54, 1.807) is 6.07 Å². The molecule has 0 aliphatic heterocycles. The van der Waals surface area contributed by atoms with Gasteiger partial charge >= 0.3 is 0 Å². The van der Waals surface area contributed by atoms with Crippen LogP contribution in [-0.2, 0) is 0 Å². The molecule has 0 saturated carbocycles. The monoisotopic (exact) mass is 227 g/mol. The molecule has 1 aromatic carbocycles. The molecule has 15 heavy (non-hydrogen) atoms. The summed E-state index contributed by atoms with van der Waals surface area (Å²) in [5.74, 6) is -0.302. The van der Waals surface area contributed by atoms with E-state index in [1.165, 1.54) is 17.7 Å². The van der Waals surface area contributed by atoms with Crippen LogP contribution in [0.3, 0.4) is 0 Å². The number of halogens is 2. The number of nitrogens with one attached hydrogen (secondary N) is 1. The zero-order valence-corrected chi connectivity index (χ0v) is 9.74. The second-order valence-corrected chi connectivity index (χ2v) is 3.76. The van der Waals surface area contributed by atoms with Gasteiger partial charge in [0, 0.05) is 6.54 Å². The van der Waals surface area contributed by atoms with E-state index in [9.17, 15) is 4.39 Å². The van der Waals surface area contributed by atoms with Gasteiger partial charge in [-0.2, -0.15) is 0 Å². The second-order valence-electron chi connectivity index (χ2n) is 3.35. The summed E-state index contributed by atoms with van der Waals surface area (Å²) >= 11 is 5.93. The van der Waals surface area contributed by atoms with E-state index in [0.29, 0.717) is 5.02 Å². The molecule has 0 fully saturated rings. The Morgan fingerprint density at radius 2 is 2.27 bits per heavy atom. The van der Waals surface area contributed by atoms with Gasteiger partial charge in [-0.3, -0.25) is 0 Å². The van der Waals surface area contributed by atoms with Gasteiger partial charge in [0.15, 0.2) is 0 Å².